The third-order valence-corrected chi connectivity index (χ3v) is 13.7. The van der Waals surface area contributed by atoms with Crippen LogP contribution in [0, 0.1) is 0 Å². The maximum absolute atomic E-state index is 4.02. The van der Waals surface area contributed by atoms with E-state index in [1.165, 1.54) is 94.9 Å². The van der Waals surface area contributed by atoms with Gasteiger partial charge in [0.1, 0.15) is 0 Å². The molecule has 0 aliphatic carbocycles. The molecule has 0 aliphatic rings. The molecule has 0 radical (unpaired) electrons. The molecular formula is C52H32N2S2. The second kappa shape index (κ2) is 12.4. The number of benzene rings is 10. The maximum atomic E-state index is 4.02. The summed E-state index contributed by atoms with van der Waals surface area (Å²) in [4.78, 5) is 0. The Balaban J connectivity index is 1.24. The molecule has 0 fully saturated rings. The van der Waals surface area contributed by atoms with E-state index in [0.29, 0.717) is 0 Å². The summed E-state index contributed by atoms with van der Waals surface area (Å²) < 4.78 is 5.23. The predicted molar refractivity (Wildman–Crippen MR) is 246 cm³/mol. The minimum Gasteiger partial charge on any atom is -0.355 e. The number of nitrogens with one attached hydrogen (secondary N) is 2. The second-order valence-corrected chi connectivity index (χ2v) is 16.8. The fourth-order valence-electron chi connectivity index (χ4n) is 8.89. The number of anilines is 4. The van der Waals surface area contributed by atoms with Crippen LogP contribution in [0.1, 0.15) is 0 Å². The summed E-state index contributed by atoms with van der Waals surface area (Å²) in [6.07, 6.45) is 0. The molecule has 10 aromatic carbocycles. The summed E-state index contributed by atoms with van der Waals surface area (Å²) in [6, 6.07) is 66.8. The van der Waals surface area contributed by atoms with Gasteiger partial charge < -0.3 is 10.6 Å². The molecule has 2 aromatic heterocycles. The number of hydrogen-bond acceptors (Lipinski definition) is 4. The molecule has 4 heteroatoms. The number of rotatable bonds is 6. The zero-order chi connectivity index (χ0) is 36.7. The SMILES string of the molecule is c1ccc(Nc2ccc3ccc4c(Nc5ccccc5)c(-c5ccc6sc7ccccc7c6c5)c(-c5ccc6sc7ccccc7c6c5)c5ccc2c3c45)cc1. The highest BCUT2D eigenvalue weighted by Crippen LogP contribution is 2.52. The van der Waals surface area contributed by atoms with Gasteiger partial charge in [-0.05, 0) is 99.6 Å². The molecule has 0 spiro atoms. The maximum Gasteiger partial charge on any atom is 0.0550 e. The smallest absolute Gasteiger partial charge is 0.0550 e. The van der Waals surface area contributed by atoms with Crippen LogP contribution >= 0.6 is 22.7 Å². The van der Waals surface area contributed by atoms with Gasteiger partial charge in [0.25, 0.3) is 0 Å². The molecule has 12 rings (SSSR count). The zero-order valence-corrected chi connectivity index (χ0v) is 31.8. The van der Waals surface area contributed by atoms with Crippen LogP contribution in [0.2, 0.25) is 0 Å². The van der Waals surface area contributed by atoms with Crippen molar-refractivity contribution in [1.82, 2.24) is 0 Å². The van der Waals surface area contributed by atoms with Gasteiger partial charge >= 0.3 is 0 Å². The van der Waals surface area contributed by atoms with Crippen LogP contribution in [-0.2, 0) is 0 Å². The highest BCUT2D eigenvalue weighted by molar-refractivity contribution is 7.26. The third-order valence-electron chi connectivity index (χ3n) is 11.4. The highest BCUT2D eigenvalue weighted by atomic mass is 32.1. The lowest BCUT2D eigenvalue weighted by Crippen LogP contribution is -2.00. The van der Waals surface area contributed by atoms with Crippen LogP contribution in [0.25, 0.3) is 94.9 Å². The molecule has 0 bridgehead atoms. The average molecular weight is 749 g/mol. The van der Waals surface area contributed by atoms with Crippen molar-refractivity contribution in [2.45, 2.75) is 0 Å². The molecule has 0 saturated heterocycles. The summed E-state index contributed by atoms with van der Waals surface area (Å²) in [5.74, 6) is 0. The van der Waals surface area contributed by atoms with Crippen molar-refractivity contribution in [1.29, 1.82) is 0 Å². The fraction of sp³-hybridized carbons (Fsp3) is 0. The van der Waals surface area contributed by atoms with E-state index in [9.17, 15) is 0 Å². The monoisotopic (exact) mass is 748 g/mol. The van der Waals surface area contributed by atoms with Gasteiger partial charge in [0.2, 0.25) is 0 Å². The van der Waals surface area contributed by atoms with Gasteiger partial charge in [0.15, 0.2) is 0 Å². The Morgan fingerprint density at radius 1 is 0.321 bits per heavy atom. The molecule has 2 heterocycles. The molecule has 262 valence electrons. The lowest BCUT2D eigenvalue weighted by molar-refractivity contribution is 1.56. The standard InChI is InChI=1S/C52H32N2S2/c1-3-11-34(12-4-1)53-43-26-20-31-19-23-40-51-39(25-24-38(43)48(31)51)49(32-21-27-46-41(29-32)36-15-7-9-17-44(36)55-46)50(52(40)54-35-13-5-2-6-14-35)33-22-28-47-42(30-33)37-16-8-10-18-45(37)56-47/h1-30,53-54H. The zero-order valence-electron chi connectivity index (χ0n) is 30.1. The topological polar surface area (TPSA) is 24.1 Å². The van der Waals surface area contributed by atoms with Crippen LogP contribution < -0.4 is 10.6 Å². The molecular weight excluding hydrogens is 717 g/mol. The van der Waals surface area contributed by atoms with Crippen LogP contribution in [0.15, 0.2) is 182 Å². The Bertz CT molecular complexity index is 3470. The van der Waals surface area contributed by atoms with E-state index < -0.39 is 0 Å². The van der Waals surface area contributed by atoms with Crippen LogP contribution in [0.4, 0.5) is 22.7 Å². The average Bonchev–Trinajstić information content (AvgIpc) is 3.82. The van der Waals surface area contributed by atoms with Crippen molar-refractivity contribution >= 4 is 118 Å². The van der Waals surface area contributed by atoms with Gasteiger partial charge in [-0.1, -0.05) is 115 Å². The van der Waals surface area contributed by atoms with Crippen LogP contribution in [0.5, 0.6) is 0 Å². The van der Waals surface area contributed by atoms with E-state index in [2.05, 4.69) is 193 Å². The Morgan fingerprint density at radius 3 is 1.50 bits per heavy atom. The van der Waals surface area contributed by atoms with Crippen molar-refractivity contribution in [3.8, 4) is 22.3 Å². The molecule has 0 aliphatic heterocycles. The van der Waals surface area contributed by atoms with E-state index >= 15 is 0 Å². The van der Waals surface area contributed by atoms with Gasteiger partial charge in [-0.2, -0.15) is 0 Å². The minimum absolute atomic E-state index is 1.06. The quantitative estimate of drug-likeness (QED) is 0.166. The van der Waals surface area contributed by atoms with Gasteiger partial charge in [-0.3, -0.25) is 0 Å². The lowest BCUT2D eigenvalue weighted by Gasteiger charge is -2.25. The summed E-state index contributed by atoms with van der Waals surface area (Å²) in [5, 5.41) is 20.4. The number of thiophene rings is 2. The van der Waals surface area contributed by atoms with Gasteiger partial charge in [0.05, 0.1) is 5.69 Å². The first-order valence-corrected chi connectivity index (χ1v) is 20.6. The second-order valence-electron chi connectivity index (χ2n) is 14.6. The number of fused-ring (bicyclic) bond motifs is 6. The Labute approximate surface area is 331 Å². The highest BCUT2D eigenvalue weighted by Gasteiger charge is 2.24. The Hall–Kier alpha value is -6.72. The Kier molecular flexibility index (Phi) is 7.00. The lowest BCUT2D eigenvalue weighted by atomic mass is 9.82. The molecule has 0 atom stereocenters. The molecule has 2 nitrogen and oxygen atoms in total. The van der Waals surface area contributed by atoms with E-state index in [-0.39, 0.29) is 0 Å². The van der Waals surface area contributed by atoms with Crippen molar-refractivity contribution in [2.75, 3.05) is 10.6 Å². The first-order valence-electron chi connectivity index (χ1n) is 19.0. The molecule has 0 amide bonds. The first-order chi connectivity index (χ1) is 27.7. The number of hydrogen-bond donors (Lipinski definition) is 2. The molecule has 56 heavy (non-hydrogen) atoms. The van der Waals surface area contributed by atoms with Crippen LogP contribution in [-0.4, -0.2) is 0 Å². The molecule has 2 N–H and O–H groups in total. The molecule has 12 aromatic rings. The summed E-state index contributed by atoms with van der Waals surface area (Å²) >= 11 is 3.73. The number of para-hydroxylation sites is 2. The van der Waals surface area contributed by atoms with Gasteiger partial charge in [-0.25, -0.2) is 0 Å². The molecule has 0 saturated carbocycles. The summed E-state index contributed by atoms with van der Waals surface area (Å²) in [5.41, 5.74) is 9.20. The summed E-state index contributed by atoms with van der Waals surface area (Å²) in [6.45, 7) is 0. The van der Waals surface area contributed by atoms with Crippen LogP contribution in [0.3, 0.4) is 0 Å². The van der Waals surface area contributed by atoms with E-state index in [4.69, 9.17) is 0 Å². The van der Waals surface area contributed by atoms with E-state index in [0.717, 1.165) is 22.7 Å². The van der Waals surface area contributed by atoms with Gasteiger partial charge in [0, 0.05) is 79.1 Å². The van der Waals surface area contributed by atoms with Crippen molar-refractivity contribution in [3.63, 3.8) is 0 Å². The van der Waals surface area contributed by atoms with Crippen molar-refractivity contribution in [3.05, 3.63) is 182 Å². The van der Waals surface area contributed by atoms with E-state index in [1.54, 1.807) is 0 Å². The van der Waals surface area contributed by atoms with E-state index in [1.807, 2.05) is 22.7 Å². The van der Waals surface area contributed by atoms with Crippen molar-refractivity contribution < 1.29 is 0 Å². The predicted octanol–water partition coefficient (Wildman–Crippen LogP) is 16.1. The summed E-state index contributed by atoms with van der Waals surface area (Å²) in [7, 11) is 0. The normalized spacial score (nSPS) is 11.9. The van der Waals surface area contributed by atoms with Gasteiger partial charge in [-0.15, -0.1) is 22.7 Å². The third kappa shape index (κ3) is 4.86. The molecule has 0 unspecified atom stereocenters. The largest absolute Gasteiger partial charge is 0.355 e. The fourth-order valence-corrected chi connectivity index (χ4v) is 11.1. The Morgan fingerprint density at radius 2 is 0.839 bits per heavy atom. The first kappa shape index (κ1) is 31.6. The van der Waals surface area contributed by atoms with Crippen molar-refractivity contribution in [2.24, 2.45) is 0 Å². The minimum atomic E-state index is 1.06.